The number of rotatable bonds is 6. The average molecular weight is 519 g/mol. The summed E-state index contributed by atoms with van der Waals surface area (Å²) >= 11 is 6.31. The second-order valence-corrected chi connectivity index (χ2v) is 6.85. The molecule has 0 bridgehead atoms. The zero-order valence-corrected chi connectivity index (χ0v) is 18.8. The fourth-order valence-electron chi connectivity index (χ4n) is 3.38. The van der Waals surface area contributed by atoms with Gasteiger partial charge in [0.1, 0.15) is 11.6 Å². The number of guanidine groups is 1. The van der Waals surface area contributed by atoms with Gasteiger partial charge in [-0.25, -0.2) is 4.39 Å². The van der Waals surface area contributed by atoms with E-state index in [9.17, 15) is 4.39 Å². The molecular weight excluding hydrogens is 494 g/mol. The lowest BCUT2D eigenvalue weighted by Gasteiger charge is -2.27. The number of halogens is 3. The van der Waals surface area contributed by atoms with Crippen LogP contribution in [0.5, 0.6) is 5.75 Å². The molecule has 0 saturated carbocycles. The summed E-state index contributed by atoms with van der Waals surface area (Å²) in [5, 5.41) is 3.46. The van der Waals surface area contributed by atoms with Crippen LogP contribution < -0.4 is 15.8 Å². The Hall–Kier alpha value is -1.58. The van der Waals surface area contributed by atoms with Crippen molar-refractivity contribution >= 4 is 47.2 Å². The third kappa shape index (κ3) is 5.48. The van der Waals surface area contributed by atoms with Crippen molar-refractivity contribution in [1.82, 2.24) is 4.90 Å². The van der Waals surface area contributed by atoms with Crippen LogP contribution in [0.4, 0.5) is 10.1 Å². The first-order chi connectivity index (χ1) is 13.1. The Bertz CT molecular complexity index is 794. The summed E-state index contributed by atoms with van der Waals surface area (Å²) in [6, 6.07) is 12.0. The molecule has 0 amide bonds. The van der Waals surface area contributed by atoms with Crippen LogP contribution in [0.1, 0.15) is 24.4 Å². The van der Waals surface area contributed by atoms with Crippen LogP contribution in [-0.2, 0) is 0 Å². The molecule has 1 saturated heterocycles. The highest BCUT2D eigenvalue weighted by Crippen LogP contribution is 2.32. The molecule has 0 radical (unpaired) electrons. The summed E-state index contributed by atoms with van der Waals surface area (Å²) in [6.45, 7) is 2.10. The molecule has 1 aliphatic rings. The van der Waals surface area contributed by atoms with Gasteiger partial charge in [-0.05, 0) is 50.2 Å². The SMILES string of the molecule is COc1ccccc1NC(N)=NCC(c1c(F)cccc1Cl)N1CCCC1.I. The molecule has 0 spiro atoms. The standard InChI is InChI=1S/C20H24ClFN4O.HI/c1-27-18-10-3-2-9-16(18)25-20(23)24-13-17(26-11-4-5-12-26)19-14(21)7-6-8-15(19)22;/h2-3,6-10,17H,4-5,11-13H2,1H3,(H3,23,24,25);1H. The van der Waals surface area contributed by atoms with E-state index >= 15 is 0 Å². The van der Waals surface area contributed by atoms with E-state index in [1.165, 1.54) is 6.07 Å². The number of benzene rings is 2. The van der Waals surface area contributed by atoms with Gasteiger partial charge < -0.3 is 15.8 Å². The van der Waals surface area contributed by atoms with Crippen LogP contribution in [0.25, 0.3) is 0 Å². The van der Waals surface area contributed by atoms with Crippen molar-refractivity contribution < 1.29 is 9.13 Å². The van der Waals surface area contributed by atoms with E-state index in [0.717, 1.165) is 31.6 Å². The number of nitrogens with zero attached hydrogens (tertiary/aromatic N) is 2. The van der Waals surface area contributed by atoms with Gasteiger partial charge >= 0.3 is 0 Å². The normalized spacial score (nSPS) is 15.8. The minimum Gasteiger partial charge on any atom is -0.495 e. The predicted molar refractivity (Wildman–Crippen MR) is 123 cm³/mol. The first-order valence-electron chi connectivity index (χ1n) is 8.98. The zero-order chi connectivity index (χ0) is 19.2. The van der Waals surface area contributed by atoms with Crippen molar-refractivity contribution in [3.8, 4) is 5.75 Å². The van der Waals surface area contributed by atoms with E-state index in [1.54, 1.807) is 19.2 Å². The number of nitrogens with one attached hydrogen (secondary N) is 1. The number of para-hydroxylation sites is 2. The van der Waals surface area contributed by atoms with E-state index in [2.05, 4.69) is 15.2 Å². The molecule has 0 aromatic heterocycles. The quantitative estimate of drug-likeness (QED) is 0.331. The smallest absolute Gasteiger partial charge is 0.193 e. The number of nitrogens with two attached hydrogens (primary N) is 1. The summed E-state index contributed by atoms with van der Waals surface area (Å²) in [4.78, 5) is 6.67. The van der Waals surface area contributed by atoms with Gasteiger partial charge in [-0.1, -0.05) is 29.8 Å². The fraction of sp³-hybridized carbons (Fsp3) is 0.350. The summed E-state index contributed by atoms with van der Waals surface area (Å²) in [5.41, 5.74) is 7.27. The molecule has 28 heavy (non-hydrogen) atoms. The van der Waals surface area contributed by atoms with Crippen molar-refractivity contribution in [3.63, 3.8) is 0 Å². The van der Waals surface area contributed by atoms with Crippen molar-refractivity contribution in [3.05, 3.63) is 58.9 Å². The van der Waals surface area contributed by atoms with Gasteiger partial charge in [-0.3, -0.25) is 9.89 Å². The molecule has 152 valence electrons. The molecule has 8 heteroatoms. The summed E-state index contributed by atoms with van der Waals surface area (Å²) < 4.78 is 19.8. The molecule has 3 N–H and O–H groups in total. The first kappa shape index (κ1) is 22.7. The van der Waals surface area contributed by atoms with Crippen LogP contribution in [0.3, 0.4) is 0 Å². The molecule has 2 aromatic carbocycles. The maximum atomic E-state index is 14.5. The Kier molecular flexibility index (Phi) is 8.78. The molecule has 2 aromatic rings. The molecule has 1 aliphatic heterocycles. The molecule has 3 rings (SSSR count). The zero-order valence-electron chi connectivity index (χ0n) is 15.7. The second-order valence-electron chi connectivity index (χ2n) is 6.45. The Morgan fingerprint density at radius 1 is 1.25 bits per heavy atom. The fourth-order valence-corrected chi connectivity index (χ4v) is 3.67. The van der Waals surface area contributed by atoms with Gasteiger partial charge in [-0.2, -0.15) is 0 Å². The summed E-state index contributed by atoms with van der Waals surface area (Å²) in [7, 11) is 1.59. The Morgan fingerprint density at radius 3 is 2.64 bits per heavy atom. The Balaban J connectivity index is 0.00000280. The number of likely N-dealkylation sites (tertiary alicyclic amines) is 1. The number of anilines is 1. The van der Waals surface area contributed by atoms with Crippen LogP contribution in [0.15, 0.2) is 47.5 Å². The van der Waals surface area contributed by atoms with E-state index in [4.69, 9.17) is 22.1 Å². The number of ether oxygens (including phenoxy) is 1. The highest BCUT2D eigenvalue weighted by molar-refractivity contribution is 14.0. The van der Waals surface area contributed by atoms with Gasteiger partial charge in [0, 0.05) is 10.6 Å². The topological polar surface area (TPSA) is 62.9 Å². The third-order valence-electron chi connectivity index (χ3n) is 4.72. The maximum Gasteiger partial charge on any atom is 0.193 e. The second kappa shape index (κ2) is 10.8. The number of hydrogen-bond donors (Lipinski definition) is 2. The van der Waals surface area contributed by atoms with Crippen LogP contribution in [0.2, 0.25) is 5.02 Å². The lowest BCUT2D eigenvalue weighted by molar-refractivity contribution is 0.246. The van der Waals surface area contributed by atoms with Crippen molar-refractivity contribution in [1.29, 1.82) is 0 Å². The van der Waals surface area contributed by atoms with Crippen LogP contribution in [-0.4, -0.2) is 37.6 Å². The highest BCUT2D eigenvalue weighted by atomic mass is 127. The first-order valence-corrected chi connectivity index (χ1v) is 9.36. The number of aliphatic imine (C=N–C) groups is 1. The van der Waals surface area contributed by atoms with Crippen molar-refractivity contribution in [2.24, 2.45) is 10.7 Å². The summed E-state index contributed by atoms with van der Waals surface area (Å²) in [5.74, 6) is 0.603. The Morgan fingerprint density at radius 2 is 1.96 bits per heavy atom. The lowest BCUT2D eigenvalue weighted by atomic mass is 10.0. The Labute approximate surface area is 187 Å². The monoisotopic (exact) mass is 518 g/mol. The van der Waals surface area contributed by atoms with Crippen molar-refractivity contribution in [2.75, 3.05) is 32.1 Å². The minimum atomic E-state index is -0.314. The van der Waals surface area contributed by atoms with Gasteiger partial charge in [0.2, 0.25) is 0 Å². The largest absolute Gasteiger partial charge is 0.495 e. The molecule has 1 atom stereocenters. The molecule has 0 aliphatic carbocycles. The maximum absolute atomic E-state index is 14.5. The molecule has 5 nitrogen and oxygen atoms in total. The minimum absolute atomic E-state index is 0. The summed E-state index contributed by atoms with van der Waals surface area (Å²) in [6.07, 6.45) is 2.17. The van der Waals surface area contributed by atoms with Gasteiger partial charge in [0.25, 0.3) is 0 Å². The van der Waals surface area contributed by atoms with Crippen LogP contribution in [0, 0.1) is 5.82 Å². The van der Waals surface area contributed by atoms with E-state index in [1.807, 2.05) is 24.3 Å². The third-order valence-corrected chi connectivity index (χ3v) is 5.05. The average Bonchev–Trinajstić information content (AvgIpc) is 3.19. The number of methoxy groups -OCH3 is 1. The molecule has 1 fully saturated rings. The lowest BCUT2D eigenvalue weighted by Crippen LogP contribution is -2.31. The van der Waals surface area contributed by atoms with E-state index in [0.29, 0.717) is 22.9 Å². The van der Waals surface area contributed by atoms with Crippen molar-refractivity contribution in [2.45, 2.75) is 18.9 Å². The molecule has 1 heterocycles. The molecular formula is C20H25ClFIN4O. The van der Waals surface area contributed by atoms with E-state index < -0.39 is 0 Å². The van der Waals surface area contributed by atoms with Gasteiger partial charge in [0.05, 0.1) is 25.4 Å². The van der Waals surface area contributed by atoms with E-state index in [-0.39, 0.29) is 41.8 Å². The number of hydrogen-bond acceptors (Lipinski definition) is 3. The highest BCUT2D eigenvalue weighted by Gasteiger charge is 2.27. The van der Waals surface area contributed by atoms with Gasteiger partial charge in [0.15, 0.2) is 5.96 Å². The predicted octanol–water partition coefficient (Wildman–Crippen LogP) is 4.67. The van der Waals surface area contributed by atoms with Gasteiger partial charge in [-0.15, -0.1) is 24.0 Å². The molecule has 1 unspecified atom stereocenters. The van der Waals surface area contributed by atoms with Crippen LogP contribution >= 0.6 is 35.6 Å².